The predicted molar refractivity (Wildman–Crippen MR) is 93.6 cm³/mol. The van der Waals surface area contributed by atoms with E-state index in [-0.39, 0.29) is 5.91 Å². The highest BCUT2D eigenvalue weighted by atomic mass is 32.1. The maximum Gasteiger partial charge on any atom is 0.264 e. The Morgan fingerprint density at radius 3 is 2.32 bits per heavy atom. The molecule has 2 rings (SSSR count). The van der Waals surface area contributed by atoms with Crippen LogP contribution in [0.5, 0.6) is 0 Å². The Kier molecular flexibility index (Phi) is 6.41. The number of carbonyl (C=O) groups is 1. The van der Waals surface area contributed by atoms with Gasteiger partial charge in [0.15, 0.2) is 0 Å². The number of piperazine rings is 1. The average Bonchev–Trinajstić information content (AvgIpc) is 3.01. The van der Waals surface area contributed by atoms with Crippen LogP contribution in [0.1, 0.15) is 37.4 Å². The van der Waals surface area contributed by atoms with Crippen molar-refractivity contribution in [3.05, 3.63) is 22.4 Å². The van der Waals surface area contributed by atoms with Crippen molar-refractivity contribution < 1.29 is 4.79 Å². The van der Waals surface area contributed by atoms with Crippen LogP contribution in [0.25, 0.3) is 0 Å². The SMILES string of the molecule is CC(C)N(CCN1CCN(C(=O)c2cccs2)CC1)C(C)C. The summed E-state index contributed by atoms with van der Waals surface area (Å²) in [5, 5.41) is 1.97. The Morgan fingerprint density at radius 2 is 1.82 bits per heavy atom. The molecule has 1 amide bonds. The molecular weight excluding hydrogens is 294 g/mol. The molecule has 1 aromatic rings. The number of nitrogens with zero attached hydrogens (tertiary/aromatic N) is 3. The van der Waals surface area contributed by atoms with Crippen molar-refractivity contribution in [2.24, 2.45) is 0 Å². The molecule has 0 aliphatic carbocycles. The Labute approximate surface area is 138 Å². The summed E-state index contributed by atoms with van der Waals surface area (Å²) >= 11 is 1.53. The van der Waals surface area contributed by atoms with E-state index in [1.165, 1.54) is 11.3 Å². The second kappa shape index (κ2) is 8.09. The van der Waals surface area contributed by atoms with Gasteiger partial charge in [0, 0.05) is 51.4 Å². The van der Waals surface area contributed by atoms with Gasteiger partial charge in [0.05, 0.1) is 4.88 Å². The fraction of sp³-hybridized carbons (Fsp3) is 0.706. The molecule has 0 N–H and O–H groups in total. The summed E-state index contributed by atoms with van der Waals surface area (Å²) in [6.45, 7) is 14.9. The molecule has 0 atom stereocenters. The number of thiophene rings is 1. The van der Waals surface area contributed by atoms with Crippen molar-refractivity contribution >= 4 is 17.2 Å². The Bertz CT molecular complexity index is 442. The Morgan fingerprint density at radius 1 is 1.18 bits per heavy atom. The average molecular weight is 324 g/mol. The largest absolute Gasteiger partial charge is 0.335 e. The minimum Gasteiger partial charge on any atom is -0.335 e. The summed E-state index contributed by atoms with van der Waals surface area (Å²) in [7, 11) is 0. The van der Waals surface area contributed by atoms with Gasteiger partial charge in [0.2, 0.25) is 0 Å². The standard InChI is InChI=1S/C17H29N3OS/c1-14(2)20(15(3)4)12-9-18-7-10-19(11-8-18)17(21)16-6-5-13-22-16/h5-6,13-15H,7-12H2,1-4H3. The zero-order chi connectivity index (χ0) is 16.1. The Hall–Kier alpha value is -0.910. The van der Waals surface area contributed by atoms with Crippen molar-refractivity contribution in [3.8, 4) is 0 Å². The molecule has 1 aromatic heterocycles. The maximum atomic E-state index is 12.3. The minimum absolute atomic E-state index is 0.195. The van der Waals surface area contributed by atoms with Gasteiger partial charge in [-0.05, 0) is 39.1 Å². The zero-order valence-corrected chi connectivity index (χ0v) is 15.1. The summed E-state index contributed by atoms with van der Waals surface area (Å²) in [4.78, 5) is 20.2. The van der Waals surface area contributed by atoms with Crippen LogP contribution in [0.2, 0.25) is 0 Å². The van der Waals surface area contributed by atoms with Gasteiger partial charge in [-0.3, -0.25) is 14.6 Å². The highest BCUT2D eigenvalue weighted by molar-refractivity contribution is 7.12. The fourth-order valence-corrected chi connectivity index (χ4v) is 3.79. The van der Waals surface area contributed by atoms with E-state index in [4.69, 9.17) is 0 Å². The minimum atomic E-state index is 0.195. The highest BCUT2D eigenvalue weighted by Gasteiger charge is 2.23. The van der Waals surface area contributed by atoms with E-state index in [1.54, 1.807) is 0 Å². The lowest BCUT2D eigenvalue weighted by Crippen LogP contribution is -2.51. The van der Waals surface area contributed by atoms with Gasteiger partial charge in [-0.2, -0.15) is 0 Å². The second-order valence-corrected chi connectivity index (χ2v) is 7.48. The van der Waals surface area contributed by atoms with Crippen LogP contribution < -0.4 is 0 Å². The van der Waals surface area contributed by atoms with Gasteiger partial charge in [-0.1, -0.05) is 6.07 Å². The van der Waals surface area contributed by atoms with E-state index >= 15 is 0 Å². The van der Waals surface area contributed by atoms with Gasteiger partial charge in [-0.15, -0.1) is 11.3 Å². The van der Waals surface area contributed by atoms with Crippen LogP contribution in [0.4, 0.5) is 0 Å². The first-order chi connectivity index (χ1) is 10.5. The van der Waals surface area contributed by atoms with Crippen LogP contribution in [-0.2, 0) is 0 Å². The first kappa shape index (κ1) is 17.4. The molecule has 1 fully saturated rings. The molecule has 0 unspecified atom stereocenters. The van der Waals surface area contributed by atoms with Crippen molar-refractivity contribution in [1.29, 1.82) is 0 Å². The van der Waals surface area contributed by atoms with Crippen molar-refractivity contribution in [1.82, 2.24) is 14.7 Å². The van der Waals surface area contributed by atoms with Gasteiger partial charge in [-0.25, -0.2) is 0 Å². The molecular formula is C17H29N3OS. The number of hydrogen-bond donors (Lipinski definition) is 0. The summed E-state index contributed by atoms with van der Waals surface area (Å²) in [5.41, 5.74) is 0. The molecule has 5 heteroatoms. The monoisotopic (exact) mass is 323 g/mol. The molecule has 1 aliphatic rings. The van der Waals surface area contributed by atoms with Crippen molar-refractivity contribution in [3.63, 3.8) is 0 Å². The molecule has 1 saturated heterocycles. The number of hydrogen-bond acceptors (Lipinski definition) is 4. The third-order valence-corrected chi connectivity index (χ3v) is 5.25. The highest BCUT2D eigenvalue weighted by Crippen LogP contribution is 2.14. The van der Waals surface area contributed by atoms with E-state index < -0.39 is 0 Å². The number of rotatable bonds is 6. The molecule has 0 aromatic carbocycles. The van der Waals surface area contributed by atoms with Crippen LogP contribution in [0.3, 0.4) is 0 Å². The molecule has 2 heterocycles. The van der Waals surface area contributed by atoms with Crippen LogP contribution in [-0.4, -0.2) is 72.0 Å². The molecule has 1 aliphatic heterocycles. The first-order valence-corrected chi connectivity index (χ1v) is 9.18. The van der Waals surface area contributed by atoms with E-state index in [9.17, 15) is 4.79 Å². The van der Waals surface area contributed by atoms with Crippen LogP contribution in [0.15, 0.2) is 17.5 Å². The fourth-order valence-electron chi connectivity index (χ4n) is 3.10. The van der Waals surface area contributed by atoms with Gasteiger partial charge < -0.3 is 4.90 Å². The number of carbonyl (C=O) groups excluding carboxylic acids is 1. The van der Waals surface area contributed by atoms with Gasteiger partial charge >= 0.3 is 0 Å². The molecule has 124 valence electrons. The van der Waals surface area contributed by atoms with Crippen molar-refractivity contribution in [2.75, 3.05) is 39.3 Å². The van der Waals surface area contributed by atoms with E-state index in [0.717, 1.165) is 44.1 Å². The van der Waals surface area contributed by atoms with Crippen LogP contribution in [0, 0.1) is 0 Å². The van der Waals surface area contributed by atoms with E-state index in [1.807, 2.05) is 22.4 Å². The summed E-state index contributed by atoms with van der Waals surface area (Å²) in [6.07, 6.45) is 0. The molecule has 0 spiro atoms. The molecule has 0 radical (unpaired) electrons. The van der Waals surface area contributed by atoms with E-state index in [0.29, 0.717) is 12.1 Å². The normalized spacial score (nSPS) is 17.0. The third kappa shape index (κ3) is 4.54. The summed E-state index contributed by atoms with van der Waals surface area (Å²) < 4.78 is 0. The topological polar surface area (TPSA) is 26.8 Å². The Balaban J connectivity index is 1.76. The molecule has 0 saturated carbocycles. The molecule has 0 bridgehead atoms. The maximum absolute atomic E-state index is 12.3. The lowest BCUT2D eigenvalue weighted by molar-refractivity contribution is 0.0610. The second-order valence-electron chi connectivity index (χ2n) is 6.54. The van der Waals surface area contributed by atoms with E-state index in [2.05, 4.69) is 37.5 Å². The summed E-state index contributed by atoms with van der Waals surface area (Å²) in [6, 6.07) is 5.03. The smallest absolute Gasteiger partial charge is 0.264 e. The molecule has 4 nitrogen and oxygen atoms in total. The first-order valence-electron chi connectivity index (χ1n) is 8.30. The van der Waals surface area contributed by atoms with Gasteiger partial charge in [0.25, 0.3) is 5.91 Å². The van der Waals surface area contributed by atoms with Gasteiger partial charge in [0.1, 0.15) is 0 Å². The van der Waals surface area contributed by atoms with Crippen LogP contribution >= 0.6 is 11.3 Å². The zero-order valence-electron chi connectivity index (χ0n) is 14.3. The predicted octanol–water partition coefficient (Wildman–Crippen LogP) is 2.62. The lowest BCUT2D eigenvalue weighted by atomic mass is 10.2. The quantitative estimate of drug-likeness (QED) is 0.805. The summed E-state index contributed by atoms with van der Waals surface area (Å²) in [5.74, 6) is 0.195. The van der Waals surface area contributed by atoms with Crippen molar-refractivity contribution in [2.45, 2.75) is 39.8 Å². The molecule has 22 heavy (non-hydrogen) atoms. The lowest BCUT2D eigenvalue weighted by Gasteiger charge is -2.37. The number of amides is 1. The third-order valence-electron chi connectivity index (χ3n) is 4.39.